The number of imidazole rings is 1. The van der Waals surface area contributed by atoms with E-state index in [9.17, 15) is 0 Å². The molecule has 0 amide bonds. The van der Waals surface area contributed by atoms with Gasteiger partial charge in [-0.2, -0.15) is 0 Å². The number of aryl methyl sites for hydroxylation is 2. The van der Waals surface area contributed by atoms with Crippen LogP contribution in [0.15, 0.2) is 12.4 Å². The zero-order chi connectivity index (χ0) is 7.56. The Morgan fingerprint density at radius 3 is 2.80 bits per heavy atom. The Morgan fingerprint density at radius 1 is 1.70 bits per heavy atom. The SMILES string of the molecule is Cn1cc[n+](C)c1CCO. The molecule has 0 aliphatic heterocycles. The van der Waals surface area contributed by atoms with E-state index < -0.39 is 0 Å². The first-order valence-electron chi connectivity index (χ1n) is 3.36. The number of aromatic nitrogens is 2. The first-order chi connectivity index (χ1) is 4.75. The minimum Gasteiger partial charge on any atom is -0.396 e. The van der Waals surface area contributed by atoms with Gasteiger partial charge >= 0.3 is 0 Å². The van der Waals surface area contributed by atoms with Crippen molar-refractivity contribution in [1.82, 2.24) is 4.57 Å². The topological polar surface area (TPSA) is 29.0 Å². The molecule has 1 rings (SSSR count). The van der Waals surface area contributed by atoms with E-state index >= 15 is 0 Å². The van der Waals surface area contributed by atoms with Crippen LogP contribution in [-0.4, -0.2) is 16.3 Å². The van der Waals surface area contributed by atoms with Crippen LogP contribution < -0.4 is 4.57 Å². The second kappa shape index (κ2) is 2.84. The summed E-state index contributed by atoms with van der Waals surface area (Å²) in [5.41, 5.74) is 0. The van der Waals surface area contributed by atoms with Crippen LogP contribution in [0.1, 0.15) is 5.82 Å². The number of aliphatic hydroxyl groups is 1. The van der Waals surface area contributed by atoms with Crippen LogP contribution in [0.2, 0.25) is 0 Å². The lowest BCUT2D eigenvalue weighted by Gasteiger charge is -1.93. The summed E-state index contributed by atoms with van der Waals surface area (Å²) in [6.07, 6.45) is 4.68. The normalized spacial score (nSPS) is 10.3. The Kier molecular flexibility index (Phi) is 2.06. The average Bonchev–Trinajstić information content (AvgIpc) is 2.20. The van der Waals surface area contributed by atoms with Crippen LogP contribution in [0.5, 0.6) is 0 Å². The van der Waals surface area contributed by atoms with Crippen molar-refractivity contribution < 1.29 is 9.67 Å². The summed E-state index contributed by atoms with van der Waals surface area (Å²) >= 11 is 0. The molecule has 3 nitrogen and oxygen atoms in total. The molecule has 0 atom stereocenters. The molecule has 3 heteroatoms. The molecule has 0 radical (unpaired) electrons. The summed E-state index contributed by atoms with van der Waals surface area (Å²) in [4.78, 5) is 0. The fourth-order valence-corrected chi connectivity index (χ4v) is 1.07. The minimum absolute atomic E-state index is 0.214. The molecule has 10 heavy (non-hydrogen) atoms. The van der Waals surface area contributed by atoms with E-state index in [-0.39, 0.29) is 6.61 Å². The molecule has 0 saturated carbocycles. The van der Waals surface area contributed by atoms with Gasteiger partial charge in [0.2, 0.25) is 0 Å². The standard InChI is InChI=1S/C7H13N2O/c1-8-4-5-9(2)7(8)3-6-10/h4-5,10H,3,6H2,1-2H3/q+1. The molecule has 1 heterocycles. The number of nitrogens with zero attached hydrogens (tertiary/aromatic N) is 2. The van der Waals surface area contributed by atoms with E-state index in [0.717, 1.165) is 12.2 Å². The van der Waals surface area contributed by atoms with Crippen molar-refractivity contribution in [2.75, 3.05) is 6.61 Å². The molecular weight excluding hydrogens is 128 g/mol. The minimum atomic E-state index is 0.214. The molecule has 0 aromatic carbocycles. The van der Waals surface area contributed by atoms with E-state index in [0.29, 0.717) is 0 Å². The van der Waals surface area contributed by atoms with E-state index in [1.165, 1.54) is 0 Å². The van der Waals surface area contributed by atoms with Crippen molar-refractivity contribution in [2.45, 2.75) is 6.42 Å². The maximum absolute atomic E-state index is 8.66. The second-order valence-electron chi connectivity index (χ2n) is 2.41. The lowest BCUT2D eigenvalue weighted by atomic mass is 10.4. The van der Waals surface area contributed by atoms with Crippen LogP contribution >= 0.6 is 0 Å². The summed E-state index contributed by atoms with van der Waals surface area (Å²) < 4.78 is 4.02. The fraction of sp³-hybridized carbons (Fsp3) is 0.571. The van der Waals surface area contributed by atoms with Crippen molar-refractivity contribution in [3.8, 4) is 0 Å². The quantitative estimate of drug-likeness (QED) is 0.547. The van der Waals surface area contributed by atoms with Crippen molar-refractivity contribution in [3.63, 3.8) is 0 Å². The summed E-state index contributed by atoms with van der Waals surface area (Å²) in [7, 11) is 3.95. The van der Waals surface area contributed by atoms with Gasteiger partial charge < -0.3 is 5.11 Å². The molecular formula is C7H13N2O+. The largest absolute Gasteiger partial charge is 0.396 e. The van der Waals surface area contributed by atoms with Crippen LogP contribution in [0.4, 0.5) is 0 Å². The highest BCUT2D eigenvalue weighted by Gasteiger charge is 2.08. The van der Waals surface area contributed by atoms with Crippen molar-refractivity contribution in [3.05, 3.63) is 18.2 Å². The third kappa shape index (κ3) is 1.19. The van der Waals surface area contributed by atoms with Crippen molar-refractivity contribution >= 4 is 0 Å². The van der Waals surface area contributed by atoms with Gasteiger partial charge in [-0.15, -0.1) is 0 Å². The Hall–Kier alpha value is -0.830. The van der Waals surface area contributed by atoms with E-state index in [1.54, 1.807) is 0 Å². The fourth-order valence-electron chi connectivity index (χ4n) is 1.07. The smallest absolute Gasteiger partial charge is 0.258 e. The van der Waals surface area contributed by atoms with Crippen LogP contribution in [0, 0.1) is 0 Å². The third-order valence-electron chi connectivity index (χ3n) is 1.66. The molecule has 0 aliphatic rings. The highest BCUT2D eigenvalue weighted by Crippen LogP contribution is 1.90. The zero-order valence-electron chi connectivity index (χ0n) is 6.41. The predicted octanol–water partition coefficient (Wildman–Crippen LogP) is -0.616. The maximum Gasteiger partial charge on any atom is 0.258 e. The Labute approximate surface area is 60.5 Å². The Bertz CT molecular complexity index is 198. The van der Waals surface area contributed by atoms with Gasteiger partial charge in [0.1, 0.15) is 12.4 Å². The summed E-state index contributed by atoms with van der Waals surface area (Å²) in [6, 6.07) is 0. The monoisotopic (exact) mass is 141 g/mol. The Balaban J connectivity index is 2.87. The van der Waals surface area contributed by atoms with Crippen LogP contribution in [0.25, 0.3) is 0 Å². The predicted molar refractivity (Wildman–Crippen MR) is 37.4 cm³/mol. The summed E-state index contributed by atoms with van der Waals surface area (Å²) in [5.74, 6) is 1.14. The van der Waals surface area contributed by atoms with Gasteiger partial charge in [-0.3, -0.25) is 0 Å². The maximum atomic E-state index is 8.66. The molecule has 0 unspecified atom stereocenters. The second-order valence-corrected chi connectivity index (χ2v) is 2.41. The van der Waals surface area contributed by atoms with Gasteiger partial charge in [0.25, 0.3) is 5.82 Å². The van der Waals surface area contributed by atoms with E-state index in [4.69, 9.17) is 5.11 Å². The number of hydrogen-bond acceptors (Lipinski definition) is 1. The molecule has 1 aromatic rings. The lowest BCUT2D eigenvalue weighted by molar-refractivity contribution is -0.678. The molecule has 0 fully saturated rings. The molecule has 1 aromatic heterocycles. The summed E-state index contributed by atoms with van der Waals surface area (Å²) in [6.45, 7) is 0.214. The van der Waals surface area contributed by atoms with Crippen molar-refractivity contribution in [2.24, 2.45) is 14.1 Å². The van der Waals surface area contributed by atoms with Gasteiger partial charge in [0.15, 0.2) is 0 Å². The lowest BCUT2D eigenvalue weighted by Crippen LogP contribution is -2.32. The average molecular weight is 141 g/mol. The van der Waals surface area contributed by atoms with E-state index in [1.807, 2.05) is 35.6 Å². The molecule has 56 valence electrons. The molecule has 0 spiro atoms. The Morgan fingerprint density at radius 2 is 2.40 bits per heavy atom. The molecule has 0 bridgehead atoms. The molecule has 1 N–H and O–H groups in total. The highest BCUT2D eigenvalue weighted by molar-refractivity contribution is 4.81. The number of aliphatic hydroxyl groups excluding tert-OH is 1. The molecule has 0 aliphatic carbocycles. The van der Waals surface area contributed by atoms with Crippen molar-refractivity contribution in [1.29, 1.82) is 0 Å². The number of hydrogen-bond donors (Lipinski definition) is 1. The first-order valence-corrected chi connectivity index (χ1v) is 3.36. The third-order valence-corrected chi connectivity index (χ3v) is 1.66. The van der Waals surface area contributed by atoms with Gasteiger partial charge in [-0.05, 0) is 0 Å². The molecule has 0 saturated heterocycles. The van der Waals surface area contributed by atoms with Crippen LogP contribution in [0.3, 0.4) is 0 Å². The zero-order valence-corrected chi connectivity index (χ0v) is 6.41. The van der Waals surface area contributed by atoms with Crippen LogP contribution in [-0.2, 0) is 20.5 Å². The first kappa shape index (κ1) is 7.28. The van der Waals surface area contributed by atoms with Gasteiger partial charge in [-0.25, -0.2) is 9.13 Å². The van der Waals surface area contributed by atoms with E-state index in [2.05, 4.69) is 0 Å². The number of rotatable bonds is 2. The highest BCUT2D eigenvalue weighted by atomic mass is 16.3. The summed E-state index contributed by atoms with van der Waals surface area (Å²) in [5, 5.41) is 8.66. The van der Waals surface area contributed by atoms with Gasteiger partial charge in [0.05, 0.1) is 27.1 Å². The van der Waals surface area contributed by atoms with Gasteiger partial charge in [0, 0.05) is 0 Å². The van der Waals surface area contributed by atoms with Gasteiger partial charge in [-0.1, -0.05) is 0 Å².